The van der Waals surface area contributed by atoms with E-state index in [1.807, 2.05) is 42.5 Å². The Morgan fingerprint density at radius 3 is 2.57 bits per heavy atom. The molecule has 0 aliphatic carbocycles. The van der Waals surface area contributed by atoms with Crippen LogP contribution in [0.5, 0.6) is 0 Å². The molecule has 2 aromatic rings. The lowest BCUT2D eigenvalue weighted by Crippen LogP contribution is -2.43. The van der Waals surface area contributed by atoms with Crippen LogP contribution in [-0.2, 0) is 9.59 Å². The van der Waals surface area contributed by atoms with E-state index in [0.29, 0.717) is 13.1 Å². The fourth-order valence-corrected chi connectivity index (χ4v) is 2.81. The molecule has 0 aromatic heterocycles. The minimum atomic E-state index is -0.677. The van der Waals surface area contributed by atoms with Gasteiger partial charge >= 0.3 is 11.8 Å². The van der Waals surface area contributed by atoms with Crippen molar-refractivity contribution in [2.24, 2.45) is 5.10 Å². The lowest BCUT2D eigenvalue weighted by atomic mass is 10.1. The second kappa shape index (κ2) is 7.05. The van der Waals surface area contributed by atoms with Gasteiger partial charge in [0.05, 0.1) is 6.21 Å². The monoisotopic (exact) mass is 309 g/mol. The van der Waals surface area contributed by atoms with Gasteiger partial charge in [-0.3, -0.25) is 9.59 Å². The van der Waals surface area contributed by atoms with E-state index in [-0.39, 0.29) is 0 Å². The highest BCUT2D eigenvalue weighted by Gasteiger charge is 2.22. The number of fused-ring (bicyclic) bond motifs is 1. The number of amides is 2. The molecule has 0 unspecified atom stereocenters. The van der Waals surface area contributed by atoms with Crippen LogP contribution in [0.25, 0.3) is 10.8 Å². The van der Waals surface area contributed by atoms with Crippen molar-refractivity contribution < 1.29 is 9.59 Å². The van der Waals surface area contributed by atoms with Gasteiger partial charge in [-0.15, -0.1) is 0 Å². The minimum Gasteiger partial charge on any atom is -0.334 e. The zero-order valence-electron chi connectivity index (χ0n) is 12.9. The van der Waals surface area contributed by atoms with Gasteiger partial charge in [-0.1, -0.05) is 42.5 Å². The second-order valence-electron chi connectivity index (χ2n) is 5.62. The molecule has 0 spiro atoms. The number of hydrogen-bond donors (Lipinski definition) is 1. The Hall–Kier alpha value is -2.69. The van der Waals surface area contributed by atoms with Gasteiger partial charge in [0.15, 0.2) is 0 Å². The van der Waals surface area contributed by atoms with Gasteiger partial charge in [0.2, 0.25) is 0 Å². The average Bonchev–Trinajstić information content (AvgIpc) is 2.62. The van der Waals surface area contributed by atoms with Crippen LogP contribution in [0.1, 0.15) is 24.8 Å². The molecule has 0 radical (unpaired) electrons. The van der Waals surface area contributed by atoms with E-state index in [4.69, 9.17) is 0 Å². The molecule has 2 amide bonds. The van der Waals surface area contributed by atoms with Crippen molar-refractivity contribution in [3.63, 3.8) is 0 Å². The van der Waals surface area contributed by atoms with Crippen LogP contribution in [0.2, 0.25) is 0 Å². The third-order valence-corrected chi connectivity index (χ3v) is 4.03. The van der Waals surface area contributed by atoms with Crippen molar-refractivity contribution >= 4 is 28.8 Å². The van der Waals surface area contributed by atoms with Gasteiger partial charge < -0.3 is 4.90 Å². The fourth-order valence-electron chi connectivity index (χ4n) is 2.81. The van der Waals surface area contributed by atoms with Gasteiger partial charge in [-0.2, -0.15) is 5.10 Å². The third-order valence-electron chi connectivity index (χ3n) is 4.03. The Balaban J connectivity index is 1.66. The first-order valence-corrected chi connectivity index (χ1v) is 7.86. The molecular formula is C18H19N3O2. The summed E-state index contributed by atoms with van der Waals surface area (Å²) >= 11 is 0. The van der Waals surface area contributed by atoms with Gasteiger partial charge in [0.25, 0.3) is 0 Å². The summed E-state index contributed by atoms with van der Waals surface area (Å²) in [7, 11) is 0. The molecule has 2 aromatic carbocycles. The number of hydrazone groups is 1. The topological polar surface area (TPSA) is 61.8 Å². The number of hydrogen-bond acceptors (Lipinski definition) is 3. The number of likely N-dealkylation sites (tertiary alicyclic amines) is 1. The van der Waals surface area contributed by atoms with E-state index in [9.17, 15) is 9.59 Å². The summed E-state index contributed by atoms with van der Waals surface area (Å²) in [5.41, 5.74) is 3.23. The van der Waals surface area contributed by atoms with Crippen LogP contribution >= 0.6 is 0 Å². The van der Waals surface area contributed by atoms with Crippen molar-refractivity contribution in [1.29, 1.82) is 0 Å². The van der Waals surface area contributed by atoms with Crippen molar-refractivity contribution in [3.05, 3.63) is 48.0 Å². The predicted molar refractivity (Wildman–Crippen MR) is 90.1 cm³/mol. The maximum absolute atomic E-state index is 12.0. The van der Waals surface area contributed by atoms with Crippen LogP contribution in [-0.4, -0.2) is 36.0 Å². The summed E-state index contributed by atoms with van der Waals surface area (Å²) in [5.74, 6) is -1.18. The van der Waals surface area contributed by atoms with E-state index < -0.39 is 11.8 Å². The normalized spacial score (nSPS) is 15.0. The van der Waals surface area contributed by atoms with Crippen LogP contribution in [0.4, 0.5) is 0 Å². The fraction of sp³-hybridized carbons (Fsp3) is 0.278. The van der Waals surface area contributed by atoms with Crippen molar-refractivity contribution in [3.8, 4) is 0 Å². The van der Waals surface area contributed by atoms with Crippen molar-refractivity contribution in [1.82, 2.24) is 10.3 Å². The van der Waals surface area contributed by atoms with Crippen LogP contribution in [0.15, 0.2) is 47.6 Å². The Bertz CT molecular complexity index is 744. The standard InChI is InChI=1S/C18H19N3O2/c22-17(18(23)21-11-4-1-5-12-21)20-19-13-15-9-6-8-14-7-2-3-10-16(14)15/h2-3,6-10,13H,1,4-5,11-12H2,(H,20,22)/b19-13+. The molecule has 0 atom stereocenters. The summed E-state index contributed by atoms with van der Waals surface area (Å²) in [4.78, 5) is 25.5. The number of nitrogens with one attached hydrogen (secondary N) is 1. The molecule has 5 nitrogen and oxygen atoms in total. The Morgan fingerprint density at radius 2 is 1.74 bits per heavy atom. The van der Waals surface area contributed by atoms with Crippen LogP contribution in [0.3, 0.4) is 0 Å². The lowest BCUT2D eigenvalue weighted by Gasteiger charge is -2.25. The van der Waals surface area contributed by atoms with Crippen LogP contribution in [0, 0.1) is 0 Å². The molecule has 1 aliphatic rings. The smallest absolute Gasteiger partial charge is 0.329 e. The Labute approximate surface area is 135 Å². The van der Waals surface area contributed by atoms with E-state index >= 15 is 0 Å². The number of carbonyl (C=O) groups excluding carboxylic acids is 2. The van der Waals surface area contributed by atoms with Gasteiger partial charge in [0, 0.05) is 18.7 Å². The first-order valence-electron chi connectivity index (χ1n) is 7.86. The highest BCUT2D eigenvalue weighted by Crippen LogP contribution is 2.16. The summed E-state index contributed by atoms with van der Waals surface area (Å²) in [6.07, 6.45) is 4.60. The van der Waals surface area contributed by atoms with Gasteiger partial charge in [-0.25, -0.2) is 5.43 Å². The van der Waals surface area contributed by atoms with Gasteiger partial charge in [0.1, 0.15) is 0 Å². The largest absolute Gasteiger partial charge is 0.334 e. The third kappa shape index (κ3) is 3.56. The Morgan fingerprint density at radius 1 is 1.00 bits per heavy atom. The molecule has 0 saturated carbocycles. The predicted octanol–water partition coefficient (Wildman–Crippen LogP) is 2.30. The number of carbonyl (C=O) groups is 2. The first kappa shape index (κ1) is 15.2. The SMILES string of the molecule is O=C(N/N=C/c1cccc2ccccc12)C(=O)N1CCCCC1. The van der Waals surface area contributed by atoms with E-state index in [2.05, 4.69) is 10.5 Å². The molecule has 1 saturated heterocycles. The van der Waals surface area contributed by atoms with Crippen molar-refractivity contribution in [2.45, 2.75) is 19.3 Å². The second-order valence-corrected chi connectivity index (χ2v) is 5.62. The number of rotatable bonds is 2. The van der Waals surface area contributed by atoms with Gasteiger partial charge in [-0.05, 0) is 30.0 Å². The quantitative estimate of drug-likeness (QED) is 0.526. The maximum atomic E-state index is 12.0. The lowest BCUT2D eigenvalue weighted by molar-refractivity contribution is -0.146. The highest BCUT2D eigenvalue weighted by molar-refractivity contribution is 6.35. The zero-order chi connectivity index (χ0) is 16.1. The highest BCUT2D eigenvalue weighted by atomic mass is 16.2. The number of piperidine rings is 1. The molecule has 1 N–H and O–H groups in total. The van der Waals surface area contributed by atoms with E-state index in [1.165, 1.54) is 0 Å². The molecular weight excluding hydrogens is 290 g/mol. The van der Waals surface area contributed by atoms with Crippen molar-refractivity contribution in [2.75, 3.05) is 13.1 Å². The Kier molecular flexibility index (Phi) is 4.66. The zero-order valence-corrected chi connectivity index (χ0v) is 12.9. The molecule has 23 heavy (non-hydrogen) atoms. The molecule has 5 heteroatoms. The summed E-state index contributed by atoms with van der Waals surface area (Å²) in [6.45, 7) is 1.30. The molecule has 118 valence electrons. The number of benzene rings is 2. The van der Waals surface area contributed by atoms with E-state index in [0.717, 1.165) is 35.6 Å². The molecule has 1 heterocycles. The molecule has 1 fully saturated rings. The van der Waals surface area contributed by atoms with Crippen LogP contribution < -0.4 is 5.43 Å². The summed E-state index contributed by atoms with van der Waals surface area (Å²) in [6, 6.07) is 13.8. The first-order chi connectivity index (χ1) is 11.3. The molecule has 3 rings (SSSR count). The molecule has 1 aliphatic heterocycles. The maximum Gasteiger partial charge on any atom is 0.329 e. The van der Waals surface area contributed by atoms with E-state index in [1.54, 1.807) is 11.1 Å². The average molecular weight is 309 g/mol. The number of nitrogens with zero attached hydrogens (tertiary/aromatic N) is 2. The minimum absolute atomic E-state index is 0.500. The summed E-state index contributed by atoms with van der Waals surface area (Å²) < 4.78 is 0. The molecule has 0 bridgehead atoms. The summed E-state index contributed by atoms with van der Waals surface area (Å²) in [5, 5.41) is 6.09.